The van der Waals surface area contributed by atoms with E-state index in [2.05, 4.69) is 24.5 Å². The Balaban J connectivity index is 1.84. The van der Waals surface area contributed by atoms with Gasteiger partial charge >= 0.3 is 0 Å². The van der Waals surface area contributed by atoms with E-state index in [-0.39, 0.29) is 18.8 Å². The van der Waals surface area contributed by atoms with E-state index < -0.39 is 11.7 Å². The Morgan fingerprint density at radius 2 is 1.92 bits per heavy atom. The molecular weight excluding hydrogens is 326 g/mol. The van der Waals surface area contributed by atoms with E-state index in [0.717, 1.165) is 5.56 Å². The zero-order valence-electron chi connectivity index (χ0n) is 14.1. The number of ether oxygens (including phenoxy) is 2. The molecule has 4 heteroatoms. The number of rotatable bonds is 4. The van der Waals surface area contributed by atoms with Gasteiger partial charge in [0.15, 0.2) is 11.2 Å². The van der Waals surface area contributed by atoms with Crippen molar-refractivity contribution in [2.45, 2.75) is 12.7 Å². The van der Waals surface area contributed by atoms with Crippen molar-refractivity contribution in [2.75, 3.05) is 6.61 Å². The van der Waals surface area contributed by atoms with Crippen molar-refractivity contribution >= 4 is 5.78 Å². The second-order valence-corrected chi connectivity index (χ2v) is 5.83. The molecule has 1 heterocycles. The summed E-state index contributed by atoms with van der Waals surface area (Å²) in [6.45, 7) is 3.70. The molecule has 1 aliphatic heterocycles. The summed E-state index contributed by atoms with van der Waals surface area (Å²) < 4.78 is 11.5. The third-order valence-corrected chi connectivity index (χ3v) is 4.15. The Morgan fingerprint density at radius 1 is 1.19 bits per heavy atom. The Kier molecular flexibility index (Phi) is 5.17. The first kappa shape index (κ1) is 17.5. The van der Waals surface area contributed by atoms with E-state index in [0.29, 0.717) is 11.3 Å². The first-order valence-electron chi connectivity index (χ1n) is 8.19. The van der Waals surface area contributed by atoms with Gasteiger partial charge in [-0.05, 0) is 30.7 Å². The second-order valence-electron chi connectivity index (χ2n) is 5.83. The quantitative estimate of drug-likeness (QED) is 0.627. The molecule has 1 aliphatic rings. The number of nitrogens with zero attached hydrogens (tertiary/aromatic N) is 1. The maximum atomic E-state index is 13.0. The van der Waals surface area contributed by atoms with Crippen LogP contribution in [0, 0.1) is 28.6 Å². The molecule has 0 fully saturated rings. The lowest BCUT2D eigenvalue weighted by Gasteiger charge is -2.36. The predicted octanol–water partition coefficient (Wildman–Crippen LogP) is 3.74. The highest BCUT2D eigenvalue weighted by molar-refractivity contribution is 6.05. The van der Waals surface area contributed by atoms with E-state index in [9.17, 15) is 10.1 Å². The number of fused-ring (bicyclic) bond motifs is 1. The molecule has 26 heavy (non-hydrogen) atoms. The predicted molar refractivity (Wildman–Crippen MR) is 97.3 cm³/mol. The standard InChI is InChI=1S/C22H17NO3/c1-2-14-22(16-23)20(24)18-12-6-7-13-19(18)26-21(22)25-15-8-11-17-9-4-3-5-10-17/h2-7,9-10,12-13,21H,1,14-15H2/t21-,22+/m1/s1. The van der Waals surface area contributed by atoms with Gasteiger partial charge in [-0.3, -0.25) is 4.79 Å². The van der Waals surface area contributed by atoms with Crippen molar-refractivity contribution in [2.24, 2.45) is 5.41 Å². The maximum Gasteiger partial charge on any atom is 0.227 e. The lowest BCUT2D eigenvalue weighted by molar-refractivity contribution is -0.120. The summed E-state index contributed by atoms with van der Waals surface area (Å²) in [5.74, 6) is 5.96. The van der Waals surface area contributed by atoms with Crippen LogP contribution in [0.2, 0.25) is 0 Å². The average Bonchev–Trinajstić information content (AvgIpc) is 2.69. The molecule has 0 unspecified atom stereocenters. The number of hydrogen-bond acceptors (Lipinski definition) is 4. The number of carbonyl (C=O) groups is 1. The topological polar surface area (TPSA) is 59.3 Å². The molecule has 0 radical (unpaired) electrons. The molecule has 0 amide bonds. The van der Waals surface area contributed by atoms with Crippen LogP contribution in [-0.4, -0.2) is 18.7 Å². The van der Waals surface area contributed by atoms with Crippen LogP contribution in [0.1, 0.15) is 22.3 Å². The van der Waals surface area contributed by atoms with Gasteiger partial charge in [-0.1, -0.05) is 48.2 Å². The van der Waals surface area contributed by atoms with E-state index in [1.54, 1.807) is 24.3 Å². The van der Waals surface area contributed by atoms with Crippen LogP contribution in [0.15, 0.2) is 67.3 Å². The molecule has 0 N–H and O–H groups in total. The number of Topliss-reactive ketones (excluding diaryl/α,β-unsaturated/α-hetero) is 1. The van der Waals surface area contributed by atoms with E-state index in [1.165, 1.54) is 6.08 Å². The monoisotopic (exact) mass is 343 g/mol. The highest BCUT2D eigenvalue weighted by Crippen LogP contribution is 2.41. The Morgan fingerprint density at radius 3 is 2.65 bits per heavy atom. The largest absolute Gasteiger partial charge is 0.462 e. The Bertz CT molecular complexity index is 918. The highest BCUT2D eigenvalue weighted by Gasteiger charge is 2.52. The lowest BCUT2D eigenvalue weighted by Crippen LogP contribution is -2.49. The summed E-state index contributed by atoms with van der Waals surface area (Å²) in [5.41, 5.74) is -0.226. The van der Waals surface area contributed by atoms with Gasteiger partial charge in [0.1, 0.15) is 12.4 Å². The Hall–Kier alpha value is -3.34. The molecule has 2 aromatic carbocycles. The van der Waals surface area contributed by atoms with Crippen LogP contribution in [0.5, 0.6) is 5.75 Å². The van der Waals surface area contributed by atoms with Gasteiger partial charge in [0.05, 0.1) is 11.6 Å². The number of nitriles is 1. The van der Waals surface area contributed by atoms with Gasteiger partial charge in [-0.25, -0.2) is 0 Å². The fourth-order valence-corrected chi connectivity index (χ4v) is 2.84. The zero-order chi connectivity index (χ0) is 18.4. The minimum atomic E-state index is -1.47. The number of allylic oxidation sites excluding steroid dienone is 1. The minimum absolute atomic E-state index is 0.0373. The maximum absolute atomic E-state index is 13.0. The van der Waals surface area contributed by atoms with Crippen LogP contribution in [0.3, 0.4) is 0 Å². The molecule has 4 nitrogen and oxygen atoms in total. The number of carbonyl (C=O) groups excluding carboxylic acids is 1. The van der Waals surface area contributed by atoms with Crippen molar-refractivity contribution in [1.82, 2.24) is 0 Å². The van der Waals surface area contributed by atoms with Crippen LogP contribution in [0.4, 0.5) is 0 Å². The smallest absolute Gasteiger partial charge is 0.227 e. The molecule has 0 saturated heterocycles. The van der Waals surface area contributed by atoms with Crippen LogP contribution < -0.4 is 4.74 Å². The number of benzene rings is 2. The normalized spacial score (nSPS) is 20.7. The summed E-state index contributed by atoms with van der Waals surface area (Å²) >= 11 is 0. The SMILES string of the molecule is C=CC[C@]1(C#N)C(=O)c2ccccc2O[C@H]1OCC#Cc1ccccc1. The molecular formula is C22H17NO3. The summed E-state index contributed by atoms with van der Waals surface area (Å²) in [4.78, 5) is 13.0. The van der Waals surface area contributed by atoms with E-state index >= 15 is 0 Å². The fourth-order valence-electron chi connectivity index (χ4n) is 2.84. The van der Waals surface area contributed by atoms with Gasteiger partial charge in [-0.2, -0.15) is 5.26 Å². The number of ketones is 1. The second kappa shape index (κ2) is 7.70. The summed E-state index contributed by atoms with van der Waals surface area (Å²) in [5, 5.41) is 9.76. The molecule has 0 aliphatic carbocycles. The van der Waals surface area contributed by atoms with Gasteiger partial charge in [0, 0.05) is 5.56 Å². The molecule has 0 bridgehead atoms. The lowest BCUT2D eigenvalue weighted by atomic mass is 9.76. The van der Waals surface area contributed by atoms with Crippen molar-refractivity contribution in [3.05, 3.63) is 78.4 Å². The first-order chi connectivity index (χ1) is 12.7. The fraction of sp³-hybridized carbons (Fsp3) is 0.182. The van der Waals surface area contributed by atoms with Gasteiger partial charge in [0.2, 0.25) is 6.29 Å². The van der Waals surface area contributed by atoms with Crippen LogP contribution in [-0.2, 0) is 4.74 Å². The van der Waals surface area contributed by atoms with Crippen molar-refractivity contribution in [3.63, 3.8) is 0 Å². The number of hydrogen-bond donors (Lipinski definition) is 0. The first-order valence-corrected chi connectivity index (χ1v) is 8.19. The zero-order valence-corrected chi connectivity index (χ0v) is 14.1. The van der Waals surface area contributed by atoms with Gasteiger partial charge < -0.3 is 9.47 Å². The van der Waals surface area contributed by atoms with Crippen molar-refractivity contribution in [1.29, 1.82) is 5.26 Å². The third kappa shape index (κ3) is 3.24. The molecule has 0 saturated carbocycles. The molecule has 3 rings (SSSR count). The molecule has 0 spiro atoms. The summed E-state index contributed by atoms with van der Waals surface area (Å²) in [7, 11) is 0. The molecule has 128 valence electrons. The van der Waals surface area contributed by atoms with Crippen LogP contribution >= 0.6 is 0 Å². The van der Waals surface area contributed by atoms with Crippen molar-refractivity contribution in [3.8, 4) is 23.7 Å². The van der Waals surface area contributed by atoms with Crippen LogP contribution in [0.25, 0.3) is 0 Å². The van der Waals surface area contributed by atoms with E-state index in [4.69, 9.17) is 9.47 Å². The minimum Gasteiger partial charge on any atom is -0.462 e. The van der Waals surface area contributed by atoms with Gasteiger partial charge in [-0.15, -0.1) is 6.58 Å². The Labute approximate surface area is 152 Å². The number of para-hydroxylation sites is 1. The van der Waals surface area contributed by atoms with Crippen molar-refractivity contribution < 1.29 is 14.3 Å². The molecule has 2 atom stereocenters. The summed E-state index contributed by atoms with van der Waals surface area (Å²) in [6, 6.07) is 18.4. The van der Waals surface area contributed by atoms with E-state index in [1.807, 2.05) is 30.3 Å². The summed E-state index contributed by atoms with van der Waals surface area (Å²) in [6.07, 6.45) is 0.621. The van der Waals surface area contributed by atoms with Gasteiger partial charge in [0.25, 0.3) is 0 Å². The average molecular weight is 343 g/mol. The highest BCUT2D eigenvalue weighted by atomic mass is 16.7. The third-order valence-electron chi connectivity index (χ3n) is 4.15. The molecule has 0 aromatic heterocycles. The molecule has 2 aromatic rings.